The molecule has 0 saturated carbocycles. The lowest BCUT2D eigenvalue weighted by molar-refractivity contribution is -0.117. The molecule has 0 spiro atoms. The molecule has 1 saturated heterocycles. The van der Waals surface area contributed by atoms with Gasteiger partial charge in [-0.05, 0) is 62.7 Å². The highest BCUT2D eigenvalue weighted by molar-refractivity contribution is 7.22. The van der Waals surface area contributed by atoms with Crippen LogP contribution in [-0.4, -0.2) is 53.9 Å². The fourth-order valence-electron chi connectivity index (χ4n) is 4.04. The molecule has 0 atom stereocenters. The minimum absolute atomic E-state index is 0.0610. The van der Waals surface area contributed by atoms with Crippen LogP contribution in [-0.2, 0) is 11.3 Å². The molecule has 1 aromatic heterocycles. The van der Waals surface area contributed by atoms with E-state index in [1.165, 1.54) is 29.0 Å². The van der Waals surface area contributed by atoms with Gasteiger partial charge in [0.2, 0.25) is 5.91 Å². The van der Waals surface area contributed by atoms with Crippen LogP contribution in [0.25, 0.3) is 10.2 Å². The third-order valence-corrected chi connectivity index (χ3v) is 6.47. The Balaban J connectivity index is 1.20. The molecule has 1 amide bonds. The number of thiazole rings is 1. The molecular weight excluding hydrogens is 399 g/mol. The first kappa shape index (κ1) is 20.9. The van der Waals surface area contributed by atoms with Gasteiger partial charge in [-0.3, -0.25) is 9.69 Å². The summed E-state index contributed by atoms with van der Waals surface area (Å²) < 4.78 is 14.1. The minimum Gasteiger partial charge on any atom is -0.302 e. The molecule has 3 aromatic rings. The lowest BCUT2D eigenvalue weighted by Crippen LogP contribution is -2.41. The molecular formula is C23H27FN4OS. The zero-order chi connectivity index (χ0) is 20.9. The Kier molecular flexibility index (Phi) is 6.72. The highest BCUT2D eigenvalue weighted by Crippen LogP contribution is 2.26. The van der Waals surface area contributed by atoms with Crippen LogP contribution in [0.5, 0.6) is 0 Å². The molecule has 1 aliphatic heterocycles. The first-order valence-corrected chi connectivity index (χ1v) is 11.2. The average molecular weight is 427 g/mol. The van der Waals surface area contributed by atoms with Crippen molar-refractivity contribution in [1.82, 2.24) is 14.8 Å². The van der Waals surface area contributed by atoms with Gasteiger partial charge in [-0.25, -0.2) is 9.37 Å². The average Bonchev–Trinajstić information content (AvgIpc) is 3.11. The van der Waals surface area contributed by atoms with Gasteiger partial charge >= 0.3 is 0 Å². The standard InChI is InChI=1S/C23H27FN4OS/c1-27(14-17-5-3-2-4-6-17)15-18-9-11-28(12-10-18)16-22(29)26-23-25-20-8-7-19(24)13-21(20)30-23/h2-8,13,18H,9-12,14-16H2,1H3,(H,25,26,29). The predicted molar refractivity (Wildman–Crippen MR) is 120 cm³/mol. The second-order valence-corrected chi connectivity index (χ2v) is 9.11. The molecule has 5 nitrogen and oxygen atoms in total. The molecule has 2 aromatic carbocycles. The summed E-state index contributed by atoms with van der Waals surface area (Å²) in [6.07, 6.45) is 2.21. The van der Waals surface area contributed by atoms with Gasteiger partial charge in [0.25, 0.3) is 0 Å². The maximum atomic E-state index is 13.3. The van der Waals surface area contributed by atoms with Crippen LogP contribution in [0.2, 0.25) is 0 Å². The number of hydrogen-bond acceptors (Lipinski definition) is 5. The number of fused-ring (bicyclic) bond motifs is 1. The molecule has 1 aliphatic rings. The summed E-state index contributed by atoms with van der Waals surface area (Å²) in [6.45, 7) is 4.29. The summed E-state index contributed by atoms with van der Waals surface area (Å²) in [5, 5.41) is 3.39. The van der Waals surface area contributed by atoms with E-state index in [0.717, 1.165) is 43.7 Å². The molecule has 0 bridgehead atoms. The van der Waals surface area contributed by atoms with Gasteiger partial charge in [-0.2, -0.15) is 0 Å². The number of anilines is 1. The van der Waals surface area contributed by atoms with Gasteiger partial charge in [0, 0.05) is 13.1 Å². The second kappa shape index (κ2) is 9.64. The van der Waals surface area contributed by atoms with Crippen molar-refractivity contribution in [2.75, 3.05) is 38.5 Å². The maximum Gasteiger partial charge on any atom is 0.240 e. The molecule has 0 radical (unpaired) electrons. The summed E-state index contributed by atoms with van der Waals surface area (Å²) in [4.78, 5) is 21.4. The highest BCUT2D eigenvalue weighted by atomic mass is 32.1. The fourth-order valence-corrected chi connectivity index (χ4v) is 4.95. The van der Waals surface area contributed by atoms with E-state index in [1.54, 1.807) is 6.07 Å². The first-order chi connectivity index (χ1) is 14.5. The Bertz CT molecular complexity index is 985. The number of piperidine rings is 1. The van der Waals surface area contributed by atoms with Crippen molar-refractivity contribution in [1.29, 1.82) is 0 Å². The van der Waals surface area contributed by atoms with Crippen LogP contribution >= 0.6 is 11.3 Å². The largest absolute Gasteiger partial charge is 0.302 e. The summed E-state index contributed by atoms with van der Waals surface area (Å²) in [6, 6.07) is 15.0. The molecule has 2 heterocycles. The van der Waals surface area contributed by atoms with Crippen molar-refractivity contribution in [3.8, 4) is 0 Å². The fraction of sp³-hybridized carbons (Fsp3) is 0.391. The molecule has 4 rings (SSSR count). The van der Waals surface area contributed by atoms with Crippen LogP contribution < -0.4 is 5.32 Å². The van der Waals surface area contributed by atoms with E-state index >= 15 is 0 Å². The highest BCUT2D eigenvalue weighted by Gasteiger charge is 2.22. The SMILES string of the molecule is CN(Cc1ccccc1)CC1CCN(CC(=O)Nc2nc3ccc(F)cc3s2)CC1. The van der Waals surface area contributed by atoms with E-state index in [4.69, 9.17) is 0 Å². The number of likely N-dealkylation sites (tertiary alicyclic amines) is 1. The predicted octanol–water partition coefficient (Wildman–Crippen LogP) is 4.22. The smallest absolute Gasteiger partial charge is 0.240 e. The Morgan fingerprint density at radius 3 is 2.77 bits per heavy atom. The third kappa shape index (κ3) is 5.62. The van der Waals surface area contributed by atoms with E-state index in [-0.39, 0.29) is 11.7 Å². The van der Waals surface area contributed by atoms with Crippen LogP contribution in [0.3, 0.4) is 0 Å². The van der Waals surface area contributed by atoms with Crippen molar-refractivity contribution in [2.45, 2.75) is 19.4 Å². The van der Waals surface area contributed by atoms with Gasteiger partial charge in [0.1, 0.15) is 5.82 Å². The van der Waals surface area contributed by atoms with Crippen molar-refractivity contribution in [2.24, 2.45) is 5.92 Å². The quantitative estimate of drug-likeness (QED) is 0.615. The number of amides is 1. The summed E-state index contributed by atoms with van der Waals surface area (Å²) >= 11 is 1.30. The van der Waals surface area contributed by atoms with E-state index in [0.29, 0.717) is 23.1 Å². The Labute approximate surface area is 180 Å². The summed E-state index contributed by atoms with van der Waals surface area (Å²) in [5.74, 6) is 0.313. The van der Waals surface area contributed by atoms with Crippen LogP contribution in [0.4, 0.5) is 9.52 Å². The summed E-state index contributed by atoms with van der Waals surface area (Å²) in [7, 11) is 2.18. The number of carbonyl (C=O) groups is 1. The van der Waals surface area contributed by atoms with Gasteiger partial charge in [0.15, 0.2) is 5.13 Å². The van der Waals surface area contributed by atoms with Gasteiger partial charge < -0.3 is 10.2 Å². The topological polar surface area (TPSA) is 48.5 Å². The number of rotatable bonds is 7. The zero-order valence-electron chi connectivity index (χ0n) is 17.2. The molecule has 0 aliphatic carbocycles. The molecule has 1 N–H and O–H groups in total. The lowest BCUT2D eigenvalue weighted by atomic mass is 9.96. The van der Waals surface area contributed by atoms with E-state index in [9.17, 15) is 9.18 Å². The Morgan fingerprint density at radius 2 is 2.00 bits per heavy atom. The monoisotopic (exact) mass is 426 g/mol. The maximum absolute atomic E-state index is 13.3. The van der Waals surface area contributed by atoms with Crippen molar-refractivity contribution in [3.63, 3.8) is 0 Å². The molecule has 158 valence electrons. The van der Waals surface area contributed by atoms with Gasteiger partial charge in [-0.15, -0.1) is 0 Å². The molecule has 7 heteroatoms. The van der Waals surface area contributed by atoms with Gasteiger partial charge in [-0.1, -0.05) is 41.7 Å². The number of nitrogens with one attached hydrogen (secondary N) is 1. The van der Waals surface area contributed by atoms with Crippen molar-refractivity contribution >= 4 is 32.6 Å². The normalized spacial score (nSPS) is 15.7. The number of halogens is 1. The number of nitrogens with zero attached hydrogens (tertiary/aromatic N) is 3. The second-order valence-electron chi connectivity index (χ2n) is 8.08. The number of aromatic nitrogens is 1. The van der Waals surface area contributed by atoms with E-state index in [2.05, 4.69) is 51.4 Å². The minimum atomic E-state index is -0.290. The van der Waals surface area contributed by atoms with E-state index in [1.807, 2.05) is 6.07 Å². The van der Waals surface area contributed by atoms with Crippen molar-refractivity contribution in [3.05, 3.63) is 59.9 Å². The molecule has 0 unspecified atom stereocenters. The Hall–Kier alpha value is -2.35. The van der Waals surface area contributed by atoms with Crippen LogP contribution in [0.15, 0.2) is 48.5 Å². The van der Waals surface area contributed by atoms with Crippen molar-refractivity contribution < 1.29 is 9.18 Å². The number of carbonyl (C=O) groups excluding carboxylic acids is 1. The number of hydrogen-bond donors (Lipinski definition) is 1. The summed E-state index contributed by atoms with van der Waals surface area (Å²) in [5.41, 5.74) is 2.05. The van der Waals surface area contributed by atoms with Crippen LogP contribution in [0, 0.1) is 11.7 Å². The zero-order valence-corrected chi connectivity index (χ0v) is 18.0. The number of benzene rings is 2. The van der Waals surface area contributed by atoms with Crippen LogP contribution in [0.1, 0.15) is 18.4 Å². The van der Waals surface area contributed by atoms with Gasteiger partial charge in [0.05, 0.1) is 16.8 Å². The third-order valence-electron chi connectivity index (χ3n) is 5.54. The molecule has 1 fully saturated rings. The Morgan fingerprint density at radius 1 is 1.23 bits per heavy atom. The van der Waals surface area contributed by atoms with E-state index < -0.39 is 0 Å². The lowest BCUT2D eigenvalue weighted by Gasteiger charge is -2.33. The first-order valence-electron chi connectivity index (χ1n) is 10.4. The molecule has 30 heavy (non-hydrogen) atoms.